The molecule has 2 aromatic rings. The second-order valence-electron chi connectivity index (χ2n) is 5.05. The number of H-pyrrole nitrogens is 1. The van der Waals surface area contributed by atoms with Gasteiger partial charge in [-0.25, -0.2) is 10.9 Å². The van der Waals surface area contributed by atoms with Gasteiger partial charge in [-0.05, 0) is 24.0 Å². The number of rotatable bonds is 4. The van der Waals surface area contributed by atoms with Gasteiger partial charge in [-0.1, -0.05) is 23.9 Å². The number of nitrogens with zero attached hydrogens (tertiary/aromatic N) is 1. The van der Waals surface area contributed by atoms with Crippen LogP contribution in [0, 0.1) is 0 Å². The van der Waals surface area contributed by atoms with Gasteiger partial charge < -0.3 is 15.4 Å². The summed E-state index contributed by atoms with van der Waals surface area (Å²) in [5.41, 5.74) is 9.27. The summed E-state index contributed by atoms with van der Waals surface area (Å²) in [6, 6.07) is 7.30. The molecule has 0 spiro atoms. The molecule has 1 atom stereocenters. The Kier molecular flexibility index (Phi) is 4.81. The number of thioether (sulfide) groups is 1. The molecule has 24 heavy (non-hydrogen) atoms. The monoisotopic (exact) mass is 348 g/mol. The zero-order valence-electron chi connectivity index (χ0n) is 12.7. The van der Waals surface area contributed by atoms with E-state index < -0.39 is 22.9 Å². The average molecular weight is 348 g/mol. The van der Waals surface area contributed by atoms with Gasteiger partial charge in [-0.3, -0.25) is 9.59 Å². The molecule has 0 radical (unpaired) electrons. The Morgan fingerprint density at radius 2 is 2.12 bits per heavy atom. The molecular weight excluding hydrogens is 332 g/mol. The predicted octanol–water partition coefficient (Wildman–Crippen LogP) is 0.103. The van der Waals surface area contributed by atoms with Crippen LogP contribution in [0.4, 0.5) is 5.69 Å². The number of aromatic hydroxyl groups is 1. The van der Waals surface area contributed by atoms with E-state index in [-0.39, 0.29) is 11.2 Å². The molecule has 1 aliphatic rings. The third kappa shape index (κ3) is 3.41. The summed E-state index contributed by atoms with van der Waals surface area (Å²) in [7, 11) is 0. The first-order valence-corrected chi connectivity index (χ1v) is 8.33. The maximum Gasteiger partial charge on any atom is 0.268 e. The molecule has 2 heterocycles. The molecule has 0 bridgehead atoms. The fourth-order valence-electron chi connectivity index (χ4n) is 2.28. The van der Waals surface area contributed by atoms with Crippen molar-refractivity contribution in [2.24, 2.45) is 0 Å². The summed E-state index contributed by atoms with van der Waals surface area (Å²) in [5, 5.41) is 12.6. The summed E-state index contributed by atoms with van der Waals surface area (Å²) in [4.78, 5) is 30.3. The number of hydrogen-bond acceptors (Lipinski definition) is 8. The second kappa shape index (κ2) is 7.01. The third-order valence-electron chi connectivity index (χ3n) is 3.51. The molecule has 1 unspecified atom stereocenters. The lowest BCUT2D eigenvalue weighted by atomic mass is 10.1. The van der Waals surface area contributed by atoms with Crippen LogP contribution in [0.2, 0.25) is 0 Å². The van der Waals surface area contributed by atoms with Crippen LogP contribution in [0.5, 0.6) is 5.88 Å². The molecule has 1 aromatic heterocycles. The van der Waals surface area contributed by atoms with E-state index in [1.807, 2.05) is 12.1 Å². The molecule has 0 aliphatic carbocycles. The van der Waals surface area contributed by atoms with E-state index in [4.69, 9.17) is 0 Å². The average Bonchev–Trinajstić information content (AvgIpc) is 3.09. The summed E-state index contributed by atoms with van der Waals surface area (Å²) in [6.07, 6.45) is 1.70. The standard InChI is InChI=1S/C14H16N6O3S/c1-24-14-17-12(22)10(13(23)18-14)11(21)16-8-4-2-7(3-5-8)9-6-15-20-19-9/h2-5,9,15,19-20H,6H2,1H3,(H,16,21)(H2,17,18,22,23). The number of carbonyl (C=O) groups is 1. The van der Waals surface area contributed by atoms with Crippen LogP contribution in [0.3, 0.4) is 0 Å². The van der Waals surface area contributed by atoms with Gasteiger partial charge in [0.25, 0.3) is 11.5 Å². The first-order valence-electron chi connectivity index (χ1n) is 7.10. The number of anilines is 1. The lowest BCUT2D eigenvalue weighted by Gasteiger charge is -2.10. The van der Waals surface area contributed by atoms with Crippen LogP contribution in [-0.4, -0.2) is 33.8 Å². The Hall–Kier alpha value is -2.40. The van der Waals surface area contributed by atoms with Crippen molar-refractivity contribution < 1.29 is 9.90 Å². The highest BCUT2D eigenvalue weighted by Crippen LogP contribution is 2.19. The molecule has 1 fully saturated rings. The number of nitrogens with one attached hydrogen (secondary N) is 5. The lowest BCUT2D eigenvalue weighted by molar-refractivity contribution is 0.102. The minimum Gasteiger partial charge on any atom is -0.493 e. The van der Waals surface area contributed by atoms with Crippen molar-refractivity contribution in [2.45, 2.75) is 11.2 Å². The maximum atomic E-state index is 12.2. The van der Waals surface area contributed by atoms with Gasteiger partial charge in [0.1, 0.15) is 0 Å². The smallest absolute Gasteiger partial charge is 0.268 e. The minimum absolute atomic E-state index is 0.130. The van der Waals surface area contributed by atoms with Gasteiger partial charge in [-0.2, -0.15) is 10.5 Å². The van der Waals surface area contributed by atoms with Crippen LogP contribution in [-0.2, 0) is 0 Å². The van der Waals surface area contributed by atoms with Gasteiger partial charge >= 0.3 is 0 Å². The van der Waals surface area contributed by atoms with Gasteiger partial charge in [0.15, 0.2) is 10.7 Å². The van der Waals surface area contributed by atoms with Crippen LogP contribution in [0.1, 0.15) is 22.0 Å². The van der Waals surface area contributed by atoms with Crippen LogP contribution >= 0.6 is 11.8 Å². The fraction of sp³-hybridized carbons (Fsp3) is 0.214. The highest BCUT2D eigenvalue weighted by Gasteiger charge is 2.19. The van der Waals surface area contributed by atoms with Crippen molar-refractivity contribution in [1.82, 2.24) is 26.4 Å². The van der Waals surface area contributed by atoms with E-state index in [9.17, 15) is 14.7 Å². The SMILES string of the molecule is CSc1nc(O)c(C(=O)Nc2ccc(C3CNNN3)cc2)c(=O)[nH]1. The zero-order chi connectivity index (χ0) is 17.1. The Labute approximate surface area is 141 Å². The maximum absolute atomic E-state index is 12.2. The van der Waals surface area contributed by atoms with Crippen molar-refractivity contribution in [1.29, 1.82) is 0 Å². The number of benzene rings is 1. The number of amides is 1. The Morgan fingerprint density at radius 3 is 2.71 bits per heavy atom. The molecular formula is C14H16N6O3S. The molecule has 1 aromatic carbocycles. The fourth-order valence-corrected chi connectivity index (χ4v) is 2.65. The summed E-state index contributed by atoms with van der Waals surface area (Å²) < 4.78 is 0. The van der Waals surface area contributed by atoms with Crippen molar-refractivity contribution in [2.75, 3.05) is 18.1 Å². The normalized spacial score (nSPS) is 17.0. The third-order valence-corrected chi connectivity index (χ3v) is 4.09. The Balaban J connectivity index is 1.76. The zero-order valence-corrected chi connectivity index (χ0v) is 13.5. The summed E-state index contributed by atoms with van der Waals surface area (Å²) in [6.45, 7) is 0.739. The summed E-state index contributed by atoms with van der Waals surface area (Å²) >= 11 is 1.16. The quantitative estimate of drug-likeness (QED) is 0.339. The van der Waals surface area contributed by atoms with E-state index in [1.165, 1.54) is 0 Å². The molecule has 6 N–H and O–H groups in total. The predicted molar refractivity (Wildman–Crippen MR) is 89.7 cm³/mol. The largest absolute Gasteiger partial charge is 0.493 e. The van der Waals surface area contributed by atoms with Gasteiger partial charge in [0.05, 0.1) is 6.04 Å². The van der Waals surface area contributed by atoms with Crippen LogP contribution in [0.25, 0.3) is 0 Å². The van der Waals surface area contributed by atoms with Crippen molar-refractivity contribution in [3.8, 4) is 5.88 Å². The van der Waals surface area contributed by atoms with Gasteiger partial charge in [0, 0.05) is 12.2 Å². The first kappa shape index (κ1) is 16.5. The van der Waals surface area contributed by atoms with Crippen molar-refractivity contribution in [3.63, 3.8) is 0 Å². The number of aromatic nitrogens is 2. The van der Waals surface area contributed by atoms with E-state index >= 15 is 0 Å². The minimum atomic E-state index is -0.719. The number of hydrogen-bond donors (Lipinski definition) is 6. The topological polar surface area (TPSA) is 131 Å². The highest BCUT2D eigenvalue weighted by atomic mass is 32.2. The van der Waals surface area contributed by atoms with Gasteiger partial charge in [-0.15, -0.1) is 0 Å². The number of aromatic amines is 1. The van der Waals surface area contributed by atoms with E-state index in [0.717, 1.165) is 23.9 Å². The molecule has 3 rings (SSSR count). The van der Waals surface area contributed by atoms with Crippen molar-refractivity contribution >= 4 is 23.4 Å². The van der Waals surface area contributed by atoms with E-state index in [2.05, 4.69) is 31.7 Å². The summed E-state index contributed by atoms with van der Waals surface area (Å²) in [5.74, 6) is -1.31. The first-order chi connectivity index (χ1) is 11.6. The molecule has 0 saturated carbocycles. The highest BCUT2D eigenvalue weighted by molar-refractivity contribution is 7.98. The molecule has 1 amide bonds. The molecule has 9 nitrogen and oxygen atoms in total. The lowest BCUT2D eigenvalue weighted by Crippen LogP contribution is -2.30. The Morgan fingerprint density at radius 1 is 1.38 bits per heavy atom. The molecule has 10 heteroatoms. The van der Waals surface area contributed by atoms with E-state index in [1.54, 1.807) is 18.4 Å². The molecule has 126 valence electrons. The van der Waals surface area contributed by atoms with Gasteiger partial charge in [0.2, 0.25) is 5.88 Å². The number of hydrazine groups is 2. The molecule has 1 saturated heterocycles. The van der Waals surface area contributed by atoms with Crippen LogP contribution in [0.15, 0.2) is 34.2 Å². The van der Waals surface area contributed by atoms with Crippen molar-refractivity contribution in [3.05, 3.63) is 45.7 Å². The second-order valence-corrected chi connectivity index (χ2v) is 5.85. The van der Waals surface area contributed by atoms with Crippen LogP contribution < -0.4 is 27.3 Å². The molecule has 1 aliphatic heterocycles. The van der Waals surface area contributed by atoms with E-state index in [0.29, 0.717) is 5.69 Å². The Bertz CT molecular complexity index is 801. The number of carbonyl (C=O) groups excluding carboxylic acids is 1.